The van der Waals surface area contributed by atoms with Crippen LogP contribution in [0, 0.1) is 6.92 Å². The van der Waals surface area contributed by atoms with Crippen molar-refractivity contribution in [3.8, 4) is 0 Å². The van der Waals surface area contributed by atoms with Crippen LogP contribution in [0.2, 0.25) is 0 Å². The molecule has 6 nitrogen and oxygen atoms in total. The van der Waals surface area contributed by atoms with Crippen LogP contribution in [-0.2, 0) is 0 Å². The van der Waals surface area contributed by atoms with E-state index in [0.717, 1.165) is 0 Å². The van der Waals surface area contributed by atoms with Gasteiger partial charge in [-0.25, -0.2) is 9.97 Å². The molecule has 2 heterocycles. The number of pyridine rings is 1. The third-order valence-corrected chi connectivity index (χ3v) is 1.98. The molecule has 2 aromatic rings. The number of fused-ring (bicyclic) bond motifs is 1. The van der Waals surface area contributed by atoms with E-state index in [1.54, 1.807) is 6.92 Å². The van der Waals surface area contributed by atoms with E-state index < -0.39 is 11.5 Å². The summed E-state index contributed by atoms with van der Waals surface area (Å²) in [4.78, 5) is 32.7. The summed E-state index contributed by atoms with van der Waals surface area (Å²) in [6.45, 7) is 1.71. The third kappa shape index (κ3) is 1.56. The first-order valence-electron chi connectivity index (χ1n) is 4.24. The lowest BCUT2D eigenvalue weighted by atomic mass is 10.2. The van der Waals surface area contributed by atoms with Gasteiger partial charge in [0.2, 0.25) is 0 Å². The smallest absolute Gasteiger partial charge is 0.262 e. The van der Waals surface area contributed by atoms with Crippen molar-refractivity contribution in [3.63, 3.8) is 0 Å². The summed E-state index contributed by atoms with van der Waals surface area (Å²) in [7, 11) is 0. The van der Waals surface area contributed by atoms with Gasteiger partial charge in [0.25, 0.3) is 11.5 Å². The van der Waals surface area contributed by atoms with E-state index in [0.29, 0.717) is 16.9 Å². The number of H-pyrrole nitrogens is 1. The number of rotatable bonds is 1. The lowest BCUT2D eigenvalue weighted by Crippen LogP contribution is -2.23. The average Bonchev–Trinajstić information content (AvgIpc) is 2.15. The Kier molecular flexibility index (Phi) is 1.96. The number of aryl methyl sites for hydroxylation is 1. The van der Waals surface area contributed by atoms with Crippen molar-refractivity contribution < 1.29 is 4.79 Å². The molecule has 0 fully saturated rings. The molecule has 0 saturated heterocycles. The van der Waals surface area contributed by atoms with Crippen LogP contribution in [0.4, 0.5) is 0 Å². The molecule has 0 aliphatic carbocycles. The van der Waals surface area contributed by atoms with Crippen LogP contribution in [-0.4, -0.2) is 20.9 Å². The molecule has 2 aromatic heterocycles. The standard InChI is InChI=1S/C9H8N4O2/c1-4-11-3-5-2-6(7(10)14)9(15)13-8(5)12-4/h2-3H,1H3,(H2,10,14)(H,11,12,13,15). The normalized spacial score (nSPS) is 10.5. The van der Waals surface area contributed by atoms with Crippen LogP contribution in [0.15, 0.2) is 17.1 Å². The maximum atomic E-state index is 11.4. The summed E-state index contributed by atoms with van der Waals surface area (Å²) in [5, 5.41) is 0.578. The second-order valence-electron chi connectivity index (χ2n) is 3.10. The Balaban J connectivity index is 2.82. The Bertz CT molecular complexity index is 603. The molecule has 0 bridgehead atoms. The van der Waals surface area contributed by atoms with Crippen LogP contribution >= 0.6 is 0 Å². The van der Waals surface area contributed by atoms with Gasteiger partial charge in [0.15, 0.2) is 0 Å². The van der Waals surface area contributed by atoms with Gasteiger partial charge in [0.1, 0.15) is 17.0 Å². The zero-order chi connectivity index (χ0) is 11.0. The number of nitrogens with zero attached hydrogens (tertiary/aromatic N) is 2. The highest BCUT2D eigenvalue weighted by Gasteiger charge is 2.08. The molecule has 3 N–H and O–H groups in total. The Morgan fingerprint density at radius 2 is 2.27 bits per heavy atom. The van der Waals surface area contributed by atoms with E-state index in [1.165, 1.54) is 12.3 Å². The Labute approximate surface area is 84.2 Å². The molecule has 0 radical (unpaired) electrons. The fourth-order valence-electron chi connectivity index (χ4n) is 1.26. The van der Waals surface area contributed by atoms with Gasteiger partial charge in [-0.3, -0.25) is 9.59 Å². The number of hydrogen-bond donors (Lipinski definition) is 2. The molecule has 15 heavy (non-hydrogen) atoms. The quantitative estimate of drug-likeness (QED) is 0.667. The fraction of sp³-hybridized carbons (Fsp3) is 0.111. The van der Waals surface area contributed by atoms with Gasteiger partial charge in [0.05, 0.1) is 0 Å². The predicted octanol–water partition coefficient (Wildman–Crippen LogP) is -0.275. The highest BCUT2D eigenvalue weighted by Crippen LogP contribution is 2.06. The molecule has 6 heteroatoms. The Hall–Kier alpha value is -2.24. The highest BCUT2D eigenvalue weighted by molar-refractivity contribution is 5.95. The molecule has 76 valence electrons. The predicted molar refractivity (Wildman–Crippen MR) is 53.4 cm³/mol. The van der Waals surface area contributed by atoms with Gasteiger partial charge < -0.3 is 10.7 Å². The van der Waals surface area contributed by atoms with Crippen molar-refractivity contribution >= 4 is 16.9 Å². The largest absolute Gasteiger partial charge is 0.365 e. The zero-order valence-electron chi connectivity index (χ0n) is 7.94. The number of amides is 1. The van der Waals surface area contributed by atoms with Crippen molar-refractivity contribution in [3.05, 3.63) is 34.0 Å². The maximum Gasteiger partial charge on any atom is 0.262 e. The van der Waals surface area contributed by atoms with Gasteiger partial charge in [-0.05, 0) is 13.0 Å². The first kappa shape index (κ1) is 9.32. The summed E-state index contributed by atoms with van der Waals surface area (Å²) < 4.78 is 0. The minimum absolute atomic E-state index is 0.0880. The molecular weight excluding hydrogens is 196 g/mol. The van der Waals surface area contributed by atoms with Crippen LogP contribution in [0.25, 0.3) is 11.0 Å². The van der Waals surface area contributed by atoms with E-state index >= 15 is 0 Å². The number of aromatic nitrogens is 3. The highest BCUT2D eigenvalue weighted by atomic mass is 16.2. The molecule has 0 aliphatic heterocycles. The third-order valence-electron chi connectivity index (χ3n) is 1.98. The molecule has 0 spiro atoms. The molecule has 0 aliphatic rings. The van der Waals surface area contributed by atoms with Crippen molar-refractivity contribution in [2.24, 2.45) is 5.73 Å². The second kappa shape index (κ2) is 3.16. The molecular formula is C9H8N4O2. The van der Waals surface area contributed by atoms with Crippen molar-refractivity contribution in [2.45, 2.75) is 6.92 Å². The van der Waals surface area contributed by atoms with Crippen molar-refractivity contribution in [2.75, 3.05) is 0 Å². The van der Waals surface area contributed by atoms with E-state index in [2.05, 4.69) is 15.0 Å². The van der Waals surface area contributed by atoms with Gasteiger partial charge in [-0.1, -0.05) is 0 Å². The first-order chi connectivity index (χ1) is 7.08. The number of nitrogens with two attached hydrogens (primary N) is 1. The minimum atomic E-state index is -0.765. The van der Waals surface area contributed by atoms with Gasteiger partial charge in [-0.15, -0.1) is 0 Å². The van der Waals surface area contributed by atoms with E-state index in [-0.39, 0.29) is 5.56 Å². The first-order valence-corrected chi connectivity index (χ1v) is 4.24. The monoisotopic (exact) mass is 204 g/mol. The topological polar surface area (TPSA) is 102 Å². The van der Waals surface area contributed by atoms with Gasteiger partial charge in [0, 0.05) is 11.6 Å². The molecule has 0 atom stereocenters. The zero-order valence-corrected chi connectivity index (χ0v) is 7.94. The maximum absolute atomic E-state index is 11.4. The number of hydrogen-bond acceptors (Lipinski definition) is 4. The van der Waals surface area contributed by atoms with Crippen LogP contribution in [0.5, 0.6) is 0 Å². The van der Waals surface area contributed by atoms with Crippen molar-refractivity contribution in [1.82, 2.24) is 15.0 Å². The Morgan fingerprint density at radius 1 is 1.53 bits per heavy atom. The van der Waals surface area contributed by atoms with Crippen LogP contribution in [0.3, 0.4) is 0 Å². The fourth-order valence-corrected chi connectivity index (χ4v) is 1.26. The lowest BCUT2D eigenvalue weighted by molar-refractivity contribution is 0.0999. The van der Waals surface area contributed by atoms with Crippen LogP contribution in [0.1, 0.15) is 16.2 Å². The number of carbonyl (C=O) groups is 1. The SMILES string of the molecule is Cc1ncc2cc(C(N)=O)c(=O)[nH]c2n1. The molecule has 0 unspecified atom stereocenters. The summed E-state index contributed by atoms with van der Waals surface area (Å²) in [6.07, 6.45) is 1.53. The molecule has 0 saturated carbocycles. The molecule has 2 rings (SSSR count). The van der Waals surface area contributed by atoms with Crippen LogP contribution < -0.4 is 11.3 Å². The number of aromatic amines is 1. The number of primary amides is 1. The summed E-state index contributed by atoms with van der Waals surface area (Å²) in [5.41, 5.74) is 4.81. The Morgan fingerprint density at radius 3 is 2.93 bits per heavy atom. The molecule has 1 amide bonds. The number of nitrogens with one attached hydrogen (secondary N) is 1. The number of carbonyl (C=O) groups excluding carboxylic acids is 1. The van der Waals surface area contributed by atoms with E-state index in [9.17, 15) is 9.59 Å². The minimum Gasteiger partial charge on any atom is -0.365 e. The van der Waals surface area contributed by atoms with Crippen molar-refractivity contribution in [1.29, 1.82) is 0 Å². The summed E-state index contributed by atoms with van der Waals surface area (Å²) >= 11 is 0. The van der Waals surface area contributed by atoms with E-state index in [4.69, 9.17) is 5.73 Å². The van der Waals surface area contributed by atoms with E-state index in [1.807, 2.05) is 0 Å². The molecule has 0 aromatic carbocycles. The summed E-state index contributed by atoms with van der Waals surface area (Å²) in [6, 6.07) is 1.38. The lowest BCUT2D eigenvalue weighted by Gasteiger charge is -1.99. The van der Waals surface area contributed by atoms with Gasteiger partial charge >= 0.3 is 0 Å². The second-order valence-corrected chi connectivity index (χ2v) is 3.10. The van der Waals surface area contributed by atoms with Gasteiger partial charge in [-0.2, -0.15) is 0 Å². The summed E-state index contributed by atoms with van der Waals surface area (Å²) in [5.74, 6) is -0.219. The average molecular weight is 204 g/mol.